The number of carboxylic acids is 1. The zero-order valence-electron chi connectivity index (χ0n) is 12.8. The molecule has 1 unspecified atom stereocenters. The first-order valence-electron chi connectivity index (χ1n) is 7.52. The molecular formula is C16H21NO6. The molecular weight excluding hydrogens is 302 g/mol. The van der Waals surface area contributed by atoms with Gasteiger partial charge in [0.05, 0.1) is 25.7 Å². The number of para-hydroxylation sites is 1. The van der Waals surface area contributed by atoms with E-state index in [9.17, 15) is 9.59 Å². The summed E-state index contributed by atoms with van der Waals surface area (Å²) in [5.41, 5.74) is 0. The molecule has 0 spiro atoms. The lowest BCUT2D eigenvalue weighted by atomic mass is 10.2. The van der Waals surface area contributed by atoms with Gasteiger partial charge in [-0.05, 0) is 12.1 Å². The van der Waals surface area contributed by atoms with Crippen LogP contribution >= 0.6 is 0 Å². The number of carbonyl (C=O) groups is 2. The first-order chi connectivity index (χ1) is 11.1. The molecule has 1 N–H and O–H groups in total. The largest absolute Gasteiger partial charge is 0.491 e. The van der Waals surface area contributed by atoms with Crippen LogP contribution in [-0.4, -0.2) is 67.5 Å². The summed E-state index contributed by atoms with van der Waals surface area (Å²) in [7, 11) is 0. The highest BCUT2D eigenvalue weighted by Crippen LogP contribution is 2.09. The van der Waals surface area contributed by atoms with E-state index in [0.29, 0.717) is 26.4 Å². The second-order valence-electron chi connectivity index (χ2n) is 5.14. The summed E-state index contributed by atoms with van der Waals surface area (Å²) in [6.07, 6.45) is -0.554. The number of carboxylic acid groups (broad SMARTS) is 1. The van der Waals surface area contributed by atoms with Gasteiger partial charge < -0.3 is 24.2 Å². The van der Waals surface area contributed by atoms with Gasteiger partial charge in [-0.1, -0.05) is 18.2 Å². The van der Waals surface area contributed by atoms with E-state index in [4.69, 9.17) is 19.3 Å². The number of ether oxygens (including phenoxy) is 3. The third kappa shape index (κ3) is 6.25. The van der Waals surface area contributed by atoms with Crippen LogP contribution in [0.15, 0.2) is 30.3 Å². The third-order valence-electron chi connectivity index (χ3n) is 3.36. The summed E-state index contributed by atoms with van der Waals surface area (Å²) in [4.78, 5) is 24.3. The van der Waals surface area contributed by atoms with Crippen molar-refractivity contribution >= 4 is 11.9 Å². The van der Waals surface area contributed by atoms with Crippen LogP contribution in [0.5, 0.6) is 5.75 Å². The molecule has 0 aromatic heterocycles. The molecule has 1 aromatic carbocycles. The zero-order chi connectivity index (χ0) is 16.5. The predicted octanol–water partition coefficient (Wildman–Crippen LogP) is 0.784. The highest BCUT2D eigenvalue weighted by molar-refractivity contribution is 5.77. The van der Waals surface area contributed by atoms with Crippen molar-refractivity contribution in [3.05, 3.63) is 30.3 Å². The second kappa shape index (κ2) is 9.12. The topological polar surface area (TPSA) is 85.3 Å². The zero-order valence-corrected chi connectivity index (χ0v) is 12.8. The molecule has 1 aliphatic heterocycles. The highest BCUT2D eigenvalue weighted by Gasteiger charge is 2.25. The molecule has 0 saturated carbocycles. The first kappa shape index (κ1) is 17.2. The minimum Gasteiger partial charge on any atom is -0.491 e. The molecule has 1 amide bonds. The molecule has 0 bridgehead atoms. The second-order valence-corrected chi connectivity index (χ2v) is 5.14. The number of aliphatic carboxylic acids is 1. The van der Waals surface area contributed by atoms with E-state index in [2.05, 4.69) is 0 Å². The molecule has 1 aromatic rings. The number of hydrogen-bond donors (Lipinski definition) is 1. The Morgan fingerprint density at radius 1 is 1.26 bits per heavy atom. The molecule has 1 aliphatic rings. The third-order valence-corrected chi connectivity index (χ3v) is 3.36. The Labute approximate surface area is 134 Å². The fourth-order valence-electron chi connectivity index (χ4n) is 2.25. The van der Waals surface area contributed by atoms with E-state index in [0.717, 1.165) is 5.75 Å². The van der Waals surface area contributed by atoms with Crippen molar-refractivity contribution < 1.29 is 28.9 Å². The minimum atomic E-state index is -0.932. The summed E-state index contributed by atoms with van der Waals surface area (Å²) in [5, 5.41) is 8.76. The number of hydrogen-bond acceptors (Lipinski definition) is 5. The number of rotatable bonds is 8. The Bertz CT molecular complexity index is 507. The Morgan fingerprint density at radius 2 is 2.04 bits per heavy atom. The van der Waals surface area contributed by atoms with Crippen LogP contribution in [0.25, 0.3) is 0 Å². The van der Waals surface area contributed by atoms with E-state index < -0.39 is 12.1 Å². The van der Waals surface area contributed by atoms with Gasteiger partial charge >= 0.3 is 5.97 Å². The summed E-state index contributed by atoms with van der Waals surface area (Å²) in [5.74, 6) is -0.339. The van der Waals surface area contributed by atoms with Crippen molar-refractivity contribution in [2.24, 2.45) is 0 Å². The van der Waals surface area contributed by atoms with Crippen molar-refractivity contribution in [3.8, 4) is 5.75 Å². The molecule has 7 nitrogen and oxygen atoms in total. The standard InChI is InChI=1S/C16H21NO6/c18-15(17-6-7-22-14(11-17)10-16(19)20)12-21-8-9-23-13-4-2-1-3-5-13/h1-5,14H,6-12H2,(H,19,20). The fourth-order valence-corrected chi connectivity index (χ4v) is 2.25. The van der Waals surface area contributed by atoms with Gasteiger partial charge in [-0.3, -0.25) is 9.59 Å². The molecule has 1 heterocycles. The quantitative estimate of drug-likeness (QED) is 0.712. The Morgan fingerprint density at radius 3 is 2.78 bits per heavy atom. The molecule has 1 saturated heterocycles. The molecule has 7 heteroatoms. The number of carbonyl (C=O) groups excluding carboxylic acids is 1. The van der Waals surface area contributed by atoms with Crippen molar-refractivity contribution in [1.29, 1.82) is 0 Å². The van der Waals surface area contributed by atoms with Crippen LogP contribution in [0, 0.1) is 0 Å². The smallest absolute Gasteiger partial charge is 0.306 e. The van der Waals surface area contributed by atoms with Crippen LogP contribution in [0.1, 0.15) is 6.42 Å². The van der Waals surface area contributed by atoms with Crippen molar-refractivity contribution in [3.63, 3.8) is 0 Å². The Kier molecular flexibility index (Phi) is 6.83. The van der Waals surface area contributed by atoms with Gasteiger partial charge in [-0.25, -0.2) is 0 Å². The molecule has 23 heavy (non-hydrogen) atoms. The van der Waals surface area contributed by atoms with Crippen LogP contribution in [0.2, 0.25) is 0 Å². The van der Waals surface area contributed by atoms with Crippen molar-refractivity contribution in [1.82, 2.24) is 4.90 Å². The molecule has 0 radical (unpaired) electrons. The van der Waals surface area contributed by atoms with Gasteiger partial charge in [0, 0.05) is 13.1 Å². The van der Waals surface area contributed by atoms with Gasteiger partial charge in [0.15, 0.2) is 0 Å². The number of benzene rings is 1. The van der Waals surface area contributed by atoms with Crippen LogP contribution in [-0.2, 0) is 19.1 Å². The van der Waals surface area contributed by atoms with Gasteiger partial charge in [0.2, 0.25) is 5.91 Å². The van der Waals surface area contributed by atoms with Gasteiger partial charge in [0.1, 0.15) is 19.0 Å². The SMILES string of the molecule is O=C(O)CC1CN(C(=O)COCCOc2ccccc2)CCO1. The van der Waals surface area contributed by atoms with E-state index in [-0.39, 0.29) is 25.5 Å². The van der Waals surface area contributed by atoms with Crippen LogP contribution in [0.4, 0.5) is 0 Å². The van der Waals surface area contributed by atoms with Crippen LogP contribution in [0.3, 0.4) is 0 Å². The monoisotopic (exact) mass is 323 g/mol. The summed E-state index contributed by atoms with van der Waals surface area (Å²) in [6.45, 7) is 1.72. The van der Waals surface area contributed by atoms with E-state index >= 15 is 0 Å². The van der Waals surface area contributed by atoms with Gasteiger partial charge in [-0.2, -0.15) is 0 Å². The minimum absolute atomic E-state index is 0.0437. The Hall–Kier alpha value is -2.12. The van der Waals surface area contributed by atoms with E-state index in [1.54, 1.807) is 4.90 Å². The lowest BCUT2D eigenvalue weighted by molar-refractivity contribution is -0.150. The van der Waals surface area contributed by atoms with Crippen molar-refractivity contribution in [2.45, 2.75) is 12.5 Å². The molecule has 126 valence electrons. The Balaban J connectivity index is 1.61. The summed E-state index contributed by atoms with van der Waals surface area (Å²) < 4.78 is 16.1. The van der Waals surface area contributed by atoms with Gasteiger partial charge in [-0.15, -0.1) is 0 Å². The predicted molar refractivity (Wildman–Crippen MR) is 81.3 cm³/mol. The van der Waals surface area contributed by atoms with Crippen molar-refractivity contribution in [2.75, 3.05) is 39.5 Å². The maximum absolute atomic E-state index is 12.0. The average Bonchev–Trinajstić information content (AvgIpc) is 2.55. The summed E-state index contributed by atoms with van der Waals surface area (Å²) >= 11 is 0. The molecule has 2 rings (SSSR count). The highest BCUT2D eigenvalue weighted by atomic mass is 16.5. The number of morpholine rings is 1. The number of amides is 1. The average molecular weight is 323 g/mol. The molecule has 1 fully saturated rings. The lowest BCUT2D eigenvalue weighted by Gasteiger charge is -2.32. The normalized spacial score (nSPS) is 17.7. The fraction of sp³-hybridized carbons (Fsp3) is 0.500. The summed E-state index contributed by atoms with van der Waals surface area (Å²) in [6, 6.07) is 9.36. The first-order valence-corrected chi connectivity index (χ1v) is 7.52. The van der Waals surface area contributed by atoms with E-state index in [1.807, 2.05) is 30.3 Å². The van der Waals surface area contributed by atoms with E-state index in [1.165, 1.54) is 0 Å². The maximum Gasteiger partial charge on any atom is 0.306 e. The number of nitrogens with zero attached hydrogens (tertiary/aromatic N) is 1. The maximum atomic E-state index is 12.0. The van der Waals surface area contributed by atoms with Gasteiger partial charge in [0.25, 0.3) is 0 Å². The lowest BCUT2D eigenvalue weighted by Crippen LogP contribution is -2.47. The van der Waals surface area contributed by atoms with Crippen LogP contribution < -0.4 is 4.74 Å². The molecule has 1 atom stereocenters. The molecule has 0 aliphatic carbocycles.